The van der Waals surface area contributed by atoms with Crippen molar-refractivity contribution in [2.45, 2.75) is 37.8 Å². The maximum Gasteiger partial charge on any atom is 0.0718 e. The molecule has 0 aromatic heterocycles. The number of nitrogens with zero attached hydrogens (tertiary/aromatic N) is 2. The van der Waals surface area contributed by atoms with Gasteiger partial charge in [0.2, 0.25) is 0 Å². The molecule has 0 saturated heterocycles. The van der Waals surface area contributed by atoms with Crippen molar-refractivity contribution in [1.82, 2.24) is 0 Å². The summed E-state index contributed by atoms with van der Waals surface area (Å²) in [6.45, 7) is 0. The molecule has 1 saturated carbocycles. The second-order valence-corrected chi connectivity index (χ2v) is 18.0. The predicted octanol–water partition coefficient (Wildman–Crippen LogP) is 8.65. The van der Waals surface area contributed by atoms with E-state index >= 15 is 0 Å². The van der Waals surface area contributed by atoms with Gasteiger partial charge in [0, 0.05) is 31.8 Å². The first-order chi connectivity index (χ1) is 22.8. The molecule has 2 atom stereocenters. The average molecular weight is 635 g/mol. The third-order valence-electron chi connectivity index (χ3n) is 9.12. The van der Waals surface area contributed by atoms with Crippen LogP contribution in [0.1, 0.15) is 25.7 Å². The molecule has 6 aromatic rings. The van der Waals surface area contributed by atoms with E-state index in [2.05, 4.69) is 182 Å². The molecular formula is C42H40N2P2. The van der Waals surface area contributed by atoms with Gasteiger partial charge in [-0.15, -0.1) is 0 Å². The van der Waals surface area contributed by atoms with Crippen LogP contribution in [0.5, 0.6) is 0 Å². The lowest BCUT2D eigenvalue weighted by molar-refractivity contribution is 0.393. The first-order valence-corrected chi connectivity index (χ1v) is 19.9. The maximum atomic E-state index is 6.16. The Balaban J connectivity index is 1.53. The fourth-order valence-electron chi connectivity index (χ4n) is 6.96. The molecule has 1 aliphatic carbocycles. The van der Waals surface area contributed by atoms with E-state index in [1.54, 1.807) is 0 Å². The zero-order valence-electron chi connectivity index (χ0n) is 26.1. The number of hydrogen-bond donors (Lipinski definition) is 0. The number of rotatable bonds is 8. The van der Waals surface area contributed by atoms with Crippen molar-refractivity contribution in [3.63, 3.8) is 0 Å². The maximum absolute atomic E-state index is 6.16. The molecular weight excluding hydrogens is 594 g/mol. The highest BCUT2D eigenvalue weighted by atomic mass is 31.2. The van der Waals surface area contributed by atoms with Crippen molar-refractivity contribution in [3.05, 3.63) is 182 Å². The van der Waals surface area contributed by atoms with Crippen LogP contribution in [0.2, 0.25) is 0 Å². The highest BCUT2D eigenvalue weighted by molar-refractivity contribution is 7.87. The fourth-order valence-corrected chi connectivity index (χ4v) is 14.6. The molecule has 4 heteroatoms. The smallest absolute Gasteiger partial charge is 0.0718 e. The Morgan fingerprint density at radius 1 is 0.304 bits per heavy atom. The van der Waals surface area contributed by atoms with Crippen LogP contribution in [-0.2, 0) is 0 Å². The van der Waals surface area contributed by atoms with E-state index in [4.69, 9.17) is 9.49 Å². The second-order valence-electron chi connectivity index (χ2n) is 11.9. The van der Waals surface area contributed by atoms with E-state index in [1.807, 2.05) is 0 Å². The molecule has 0 spiro atoms. The normalized spacial score (nSPS) is 16.8. The van der Waals surface area contributed by atoms with Crippen LogP contribution in [0.25, 0.3) is 0 Å². The van der Waals surface area contributed by atoms with Crippen molar-refractivity contribution < 1.29 is 0 Å². The van der Waals surface area contributed by atoms with E-state index in [0.29, 0.717) is 0 Å². The number of hydrogen-bond acceptors (Lipinski definition) is 2. The van der Waals surface area contributed by atoms with Gasteiger partial charge in [0.1, 0.15) is 0 Å². The SMILES string of the molecule is c1ccc(P(=N[C@H]2CCCC[C@@H]2N=P(c2ccccc2)(c2ccccc2)c2ccccc2)(c2ccccc2)c2ccccc2)cc1. The molecule has 0 heterocycles. The van der Waals surface area contributed by atoms with Crippen LogP contribution < -0.4 is 31.8 Å². The van der Waals surface area contributed by atoms with Gasteiger partial charge in [-0.1, -0.05) is 195 Å². The molecule has 2 nitrogen and oxygen atoms in total. The van der Waals surface area contributed by atoms with Gasteiger partial charge in [-0.25, -0.2) is 0 Å². The van der Waals surface area contributed by atoms with Crippen LogP contribution in [-0.4, -0.2) is 12.1 Å². The third kappa shape index (κ3) is 5.89. The summed E-state index contributed by atoms with van der Waals surface area (Å²) < 4.78 is 12.3. The van der Waals surface area contributed by atoms with Crippen LogP contribution in [0.3, 0.4) is 0 Å². The minimum absolute atomic E-state index is 0.0956. The van der Waals surface area contributed by atoms with Gasteiger partial charge in [-0.05, 0) is 12.8 Å². The van der Waals surface area contributed by atoms with Gasteiger partial charge in [0.25, 0.3) is 0 Å². The summed E-state index contributed by atoms with van der Waals surface area (Å²) in [4.78, 5) is 0. The predicted molar refractivity (Wildman–Crippen MR) is 201 cm³/mol. The Morgan fingerprint density at radius 2 is 0.500 bits per heavy atom. The summed E-state index contributed by atoms with van der Waals surface area (Å²) >= 11 is 0. The summed E-state index contributed by atoms with van der Waals surface area (Å²) in [5, 5.41) is 7.79. The zero-order chi connectivity index (χ0) is 31.1. The lowest BCUT2D eigenvalue weighted by Gasteiger charge is -2.36. The molecule has 0 unspecified atom stereocenters. The van der Waals surface area contributed by atoms with E-state index in [1.165, 1.54) is 44.7 Å². The summed E-state index contributed by atoms with van der Waals surface area (Å²) in [5.74, 6) is 0. The quantitative estimate of drug-likeness (QED) is 0.150. The molecule has 0 bridgehead atoms. The highest BCUT2D eigenvalue weighted by Crippen LogP contribution is 2.52. The lowest BCUT2D eigenvalue weighted by Crippen LogP contribution is -2.33. The fraction of sp³-hybridized carbons (Fsp3) is 0.143. The van der Waals surface area contributed by atoms with Gasteiger partial charge in [0.05, 0.1) is 26.2 Å². The summed E-state index contributed by atoms with van der Waals surface area (Å²) in [6, 6.07) is 66.5. The van der Waals surface area contributed by atoms with Gasteiger partial charge < -0.3 is 0 Å². The minimum Gasteiger partial charge on any atom is -0.284 e. The van der Waals surface area contributed by atoms with Crippen LogP contribution in [0.15, 0.2) is 191 Å². The summed E-state index contributed by atoms with van der Waals surface area (Å²) in [6.07, 6.45) is 4.43. The van der Waals surface area contributed by atoms with Crippen molar-refractivity contribution in [1.29, 1.82) is 0 Å². The lowest BCUT2D eigenvalue weighted by atomic mass is 9.92. The molecule has 0 aliphatic heterocycles. The Kier molecular flexibility index (Phi) is 9.29. The van der Waals surface area contributed by atoms with Gasteiger partial charge >= 0.3 is 0 Å². The Morgan fingerprint density at radius 3 is 0.696 bits per heavy atom. The van der Waals surface area contributed by atoms with E-state index in [9.17, 15) is 0 Å². The van der Waals surface area contributed by atoms with Gasteiger partial charge in [0.15, 0.2) is 0 Å². The molecule has 0 N–H and O–H groups in total. The Bertz CT molecular complexity index is 1590. The van der Waals surface area contributed by atoms with Crippen molar-refractivity contribution in [2.75, 3.05) is 0 Å². The van der Waals surface area contributed by atoms with E-state index in [-0.39, 0.29) is 12.1 Å². The molecule has 7 rings (SSSR count). The highest BCUT2D eigenvalue weighted by Gasteiger charge is 2.35. The Labute approximate surface area is 274 Å². The molecule has 0 radical (unpaired) electrons. The topological polar surface area (TPSA) is 24.7 Å². The molecule has 6 aromatic carbocycles. The van der Waals surface area contributed by atoms with Crippen LogP contribution in [0.4, 0.5) is 0 Å². The molecule has 1 fully saturated rings. The first-order valence-electron chi connectivity index (χ1n) is 16.4. The van der Waals surface area contributed by atoms with Gasteiger partial charge in [-0.3, -0.25) is 9.49 Å². The van der Waals surface area contributed by atoms with Crippen LogP contribution >= 0.6 is 14.1 Å². The number of benzene rings is 6. The summed E-state index contributed by atoms with van der Waals surface area (Å²) in [5.41, 5.74) is 0. The molecule has 0 amide bonds. The van der Waals surface area contributed by atoms with Gasteiger partial charge in [-0.2, -0.15) is 0 Å². The molecule has 1 aliphatic rings. The molecule has 46 heavy (non-hydrogen) atoms. The second kappa shape index (κ2) is 14.0. The van der Waals surface area contributed by atoms with E-state index in [0.717, 1.165) is 12.8 Å². The van der Waals surface area contributed by atoms with Crippen molar-refractivity contribution in [3.8, 4) is 0 Å². The Hall–Kier alpha value is -4.22. The van der Waals surface area contributed by atoms with Crippen LogP contribution in [0, 0.1) is 0 Å². The zero-order valence-corrected chi connectivity index (χ0v) is 27.9. The van der Waals surface area contributed by atoms with Crippen molar-refractivity contribution in [2.24, 2.45) is 9.49 Å². The molecule has 228 valence electrons. The first kappa shape index (κ1) is 30.4. The largest absolute Gasteiger partial charge is 0.284 e. The minimum atomic E-state index is -2.36. The average Bonchev–Trinajstić information content (AvgIpc) is 3.15. The monoisotopic (exact) mass is 634 g/mol. The summed E-state index contributed by atoms with van der Waals surface area (Å²) in [7, 11) is -4.73. The standard InChI is InChI=1S/C42H40N2P2/c1-7-21-35(22-8-1)45(36-23-9-2-10-24-36,37-25-11-3-12-26-37)43-41-33-19-20-34-42(41)44-46(38-27-13-4-14-28-38,39-29-15-5-16-30-39)40-31-17-6-18-32-40/h1-18,21-32,41-42H,19-20,33-34H2/t41-,42-/m0/s1. The third-order valence-corrected chi connectivity index (χ3v) is 16.7. The van der Waals surface area contributed by atoms with Crippen molar-refractivity contribution >= 4 is 45.9 Å². The van der Waals surface area contributed by atoms with E-state index < -0.39 is 14.1 Å².